The number of hydrogen-bond donors (Lipinski definition) is 0. The van der Waals surface area contributed by atoms with Crippen LogP contribution in [0.5, 0.6) is 0 Å². The second-order valence-electron chi connectivity index (χ2n) is 3.82. The van der Waals surface area contributed by atoms with Crippen LogP contribution in [0.15, 0.2) is 46.2 Å². The highest BCUT2D eigenvalue weighted by molar-refractivity contribution is 7.86. The van der Waals surface area contributed by atoms with Gasteiger partial charge in [0.15, 0.2) is 6.39 Å². The molecule has 1 aromatic carbocycles. The van der Waals surface area contributed by atoms with Crippen molar-refractivity contribution in [2.75, 3.05) is 6.61 Å². The van der Waals surface area contributed by atoms with E-state index in [0.717, 1.165) is 5.56 Å². The van der Waals surface area contributed by atoms with Gasteiger partial charge in [-0.15, -0.1) is 0 Å². The van der Waals surface area contributed by atoms with Crippen molar-refractivity contribution in [3.8, 4) is 0 Å². The van der Waals surface area contributed by atoms with Crippen LogP contribution in [-0.2, 0) is 20.7 Å². The second kappa shape index (κ2) is 5.32. The summed E-state index contributed by atoms with van der Waals surface area (Å²) in [5.74, 6) is 0. The van der Waals surface area contributed by atoms with Gasteiger partial charge in [-0.2, -0.15) is 8.42 Å². The summed E-state index contributed by atoms with van der Waals surface area (Å²) in [6, 6.07) is 6.52. The van der Waals surface area contributed by atoms with Gasteiger partial charge in [0.25, 0.3) is 10.1 Å². The largest absolute Gasteiger partial charge is 0.451 e. The number of aromatic nitrogens is 1. The van der Waals surface area contributed by atoms with Crippen LogP contribution < -0.4 is 0 Å². The number of benzene rings is 1. The second-order valence-corrected chi connectivity index (χ2v) is 5.43. The number of oxazole rings is 1. The molecule has 0 aliphatic rings. The van der Waals surface area contributed by atoms with Crippen LogP contribution >= 0.6 is 0 Å². The van der Waals surface area contributed by atoms with Gasteiger partial charge in [0.1, 0.15) is 6.26 Å². The lowest BCUT2D eigenvalue weighted by Gasteiger charge is -2.04. The van der Waals surface area contributed by atoms with Gasteiger partial charge in [-0.1, -0.05) is 17.7 Å². The molecular formula is C12H13NO4S. The maximum Gasteiger partial charge on any atom is 0.296 e. The maximum atomic E-state index is 11.8. The van der Waals surface area contributed by atoms with Crippen LogP contribution in [0.1, 0.15) is 11.3 Å². The molecule has 0 unspecified atom stereocenters. The minimum atomic E-state index is -3.69. The highest BCUT2D eigenvalue weighted by Gasteiger charge is 2.14. The quantitative estimate of drug-likeness (QED) is 0.774. The highest BCUT2D eigenvalue weighted by Crippen LogP contribution is 2.13. The van der Waals surface area contributed by atoms with Gasteiger partial charge < -0.3 is 4.42 Å². The van der Waals surface area contributed by atoms with Gasteiger partial charge in [-0.3, -0.25) is 4.18 Å². The Kier molecular flexibility index (Phi) is 3.78. The van der Waals surface area contributed by atoms with Gasteiger partial charge in [-0.05, 0) is 19.1 Å². The summed E-state index contributed by atoms with van der Waals surface area (Å²) in [7, 11) is -3.69. The molecule has 1 heterocycles. The molecule has 0 radical (unpaired) electrons. The summed E-state index contributed by atoms with van der Waals surface area (Å²) in [5.41, 5.74) is 1.66. The van der Waals surface area contributed by atoms with Crippen molar-refractivity contribution in [1.82, 2.24) is 4.98 Å². The summed E-state index contributed by atoms with van der Waals surface area (Å²) in [5, 5.41) is 0. The Labute approximate surface area is 106 Å². The third kappa shape index (κ3) is 3.18. The fraction of sp³-hybridized carbons (Fsp3) is 0.250. The summed E-state index contributed by atoms with van der Waals surface area (Å²) < 4.78 is 33.3. The standard InChI is InChI=1S/C12H13NO4S/c1-10-2-4-12(5-3-10)18(14,15)17-7-6-11-8-16-9-13-11/h2-5,8-9H,6-7H2,1H3. The lowest BCUT2D eigenvalue weighted by Crippen LogP contribution is -2.09. The van der Waals surface area contributed by atoms with Crippen molar-refractivity contribution in [3.63, 3.8) is 0 Å². The Hall–Kier alpha value is -1.66. The van der Waals surface area contributed by atoms with Crippen LogP contribution in [-0.4, -0.2) is 20.0 Å². The normalized spacial score (nSPS) is 11.6. The Morgan fingerprint density at radius 3 is 2.61 bits per heavy atom. The molecule has 2 aromatic rings. The zero-order valence-corrected chi connectivity index (χ0v) is 10.7. The Morgan fingerprint density at radius 1 is 1.28 bits per heavy atom. The molecule has 0 saturated heterocycles. The maximum absolute atomic E-state index is 11.8. The van der Waals surface area contributed by atoms with Gasteiger partial charge >= 0.3 is 0 Å². The molecule has 96 valence electrons. The molecular weight excluding hydrogens is 254 g/mol. The van der Waals surface area contributed by atoms with Crippen molar-refractivity contribution in [2.24, 2.45) is 0 Å². The van der Waals surface area contributed by atoms with Crippen LogP contribution in [0, 0.1) is 6.92 Å². The average molecular weight is 267 g/mol. The lowest BCUT2D eigenvalue weighted by atomic mass is 10.2. The molecule has 0 aliphatic heterocycles. The molecule has 6 heteroatoms. The number of aryl methyl sites for hydroxylation is 1. The predicted molar refractivity (Wildman–Crippen MR) is 64.5 cm³/mol. The van der Waals surface area contributed by atoms with Crippen molar-refractivity contribution in [3.05, 3.63) is 48.2 Å². The first-order valence-corrected chi connectivity index (χ1v) is 6.82. The molecule has 0 N–H and O–H groups in total. The zero-order valence-electron chi connectivity index (χ0n) is 9.87. The molecule has 0 spiro atoms. The van der Waals surface area contributed by atoms with E-state index in [2.05, 4.69) is 4.98 Å². The molecule has 1 aromatic heterocycles. The SMILES string of the molecule is Cc1ccc(S(=O)(=O)OCCc2cocn2)cc1. The first kappa shape index (κ1) is 12.8. The van der Waals surface area contributed by atoms with Crippen molar-refractivity contribution in [2.45, 2.75) is 18.2 Å². The molecule has 0 aliphatic carbocycles. The van der Waals surface area contributed by atoms with E-state index in [9.17, 15) is 8.42 Å². The fourth-order valence-electron chi connectivity index (χ4n) is 1.39. The summed E-state index contributed by atoms with van der Waals surface area (Å²) >= 11 is 0. The lowest BCUT2D eigenvalue weighted by molar-refractivity contribution is 0.320. The number of nitrogens with zero attached hydrogens (tertiary/aromatic N) is 1. The summed E-state index contributed by atoms with van der Waals surface area (Å²) in [4.78, 5) is 4.04. The van der Waals surface area contributed by atoms with Crippen LogP contribution in [0.4, 0.5) is 0 Å². The molecule has 0 saturated carbocycles. The smallest absolute Gasteiger partial charge is 0.296 e. The van der Waals surface area contributed by atoms with E-state index in [1.54, 1.807) is 12.1 Å². The Balaban J connectivity index is 1.97. The monoisotopic (exact) mass is 267 g/mol. The zero-order chi connectivity index (χ0) is 13.0. The van der Waals surface area contributed by atoms with Crippen LogP contribution in [0.2, 0.25) is 0 Å². The van der Waals surface area contributed by atoms with E-state index < -0.39 is 10.1 Å². The van der Waals surface area contributed by atoms with E-state index in [1.165, 1.54) is 24.8 Å². The van der Waals surface area contributed by atoms with Gasteiger partial charge in [0.2, 0.25) is 0 Å². The fourth-order valence-corrected chi connectivity index (χ4v) is 2.30. The van der Waals surface area contributed by atoms with Gasteiger partial charge in [-0.25, -0.2) is 4.98 Å². The topological polar surface area (TPSA) is 69.4 Å². The van der Waals surface area contributed by atoms with Crippen molar-refractivity contribution < 1.29 is 17.0 Å². The van der Waals surface area contributed by atoms with E-state index in [1.807, 2.05) is 6.92 Å². The Morgan fingerprint density at radius 2 is 2.00 bits per heavy atom. The minimum Gasteiger partial charge on any atom is -0.451 e. The van der Waals surface area contributed by atoms with Crippen LogP contribution in [0.3, 0.4) is 0 Å². The molecule has 0 atom stereocenters. The first-order valence-electron chi connectivity index (χ1n) is 5.41. The summed E-state index contributed by atoms with van der Waals surface area (Å²) in [6.45, 7) is 1.94. The summed E-state index contributed by atoms with van der Waals surface area (Å²) in [6.07, 6.45) is 3.15. The van der Waals surface area contributed by atoms with E-state index >= 15 is 0 Å². The molecule has 18 heavy (non-hydrogen) atoms. The highest BCUT2D eigenvalue weighted by atomic mass is 32.2. The third-order valence-corrected chi connectivity index (χ3v) is 3.72. The molecule has 0 fully saturated rings. The van der Waals surface area contributed by atoms with E-state index in [-0.39, 0.29) is 11.5 Å². The molecule has 0 amide bonds. The average Bonchev–Trinajstić information content (AvgIpc) is 2.82. The minimum absolute atomic E-state index is 0.0444. The third-order valence-electron chi connectivity index (χ3n) is 2.39. The first-order chi connectivity index (χ1) is 8.58. The van der Waals surface area contributed by atoms with Crippen molar-refractivity contribution in [1.29, 1.82) is 0 Å². The number of hydrogen-bond acceptors (Lipinski definition) is 5. The van der Waals surface area contributed by atoms with Crippen LogP contribution in [0.25, 0.3) is 0 Å². The Bertz CT molecular complexity index is 588. The van der Waals surface area contributed by atoms with Gasteiger partial charge in [0, 0.05) is 6.42 Å². The van der Waals surface area contributed by atoms with E-state index in [4.69, 9.17) is 8.60 Å². The van der Waals surface area contributed by atoms with E-state index in [0.29, 0.717) is 12.1 Å². The van der Waals surface area contributed by atoms with Gasteiger partial charge in [0.05, 0.1) is 17.2 Å². The predicted octanol–water partition coefficient (Wildman–Crippen LogP) is 1.93. The van der Waals surface area contributed by atoms with Crippen molar-refractivity contribution >= 4 is 10.1 Å². The molecule has 0 bridgehead atoms. The molecule has 2 rings (SSSR count). The molecule has 5 nitrogen and oxygen atoms in total. The number of rotatable bonds is 5.